The number of nitrogens with one attached hydrogen (secondary N) is 1. The molecule has 0 bridgehead atoms. The fourth-order valence-corrected chi connectivity index (χ4v) is 5.75. The molecule has 2 aromatic carbocycles. The summed E-state index contributed by atoms with van der Waals surface area (Å²) in [7, 11) is 3.25. The van der Waals surface area contributed by atoms with Crippen LogP contribution in [-0.4, -0.2) is 68.5 Å². The molecule has 0 saturated carbocycles. The van der Waals surface area contributed by atoms with E-state index in [4.69, 9.17) is 5.73 Å². The Morgan fingerprint density at radius 2 is 1.71 bits per heavy atom. The fourth-order valence-electron chi connectivity index (χ4n) is 5.75. The van der Waals surface area contributed by atoms with Crippen molar-refractivity contribution in [3.05, 3.63) is 81.3 Å². The van der Waals surface area contributed by atoms with Crippen LogP contribution in [0.15, 0.2) is 59.1 Å². The SMILES string of the molecule is CN(C)C(=O)Nc1ccc(C#Cc2ccc(O)c3c2C[C@H]2C[C@H]4CC(O)=C(C(N)=O)C(=O)[C@@]4(O)C(O)=C2C3=O)cc1. The number of carbonyl (C=O) groups is 4. The maximum absolute atomic E-state index is 13.6. The average Bonchev–Trinajstić information content (AvgIpc) is 2.90. The fraction of sp³-hybridized carbons (Fsp3) is 0.267. The third-order valence-electron chi connectivity index (χ3n) is 7.83. The minimum absolute atomic E-state index is 0.0333. The number of aromatic hydroxyl groups is 1. The van der Waals surface area contributed by atoms with E-state index in [0.717, 1.165) is 0 Å². The molecule has 5 rings (SSSR count). The number of fused-ring (bicyclic) bond motifs is 3. The van der Waals surface area contributed by atoms with Crippen molar-refractivity contribution in [2.45, 2.75) is 24.9 Å². The summed E-state index contributed by atoms with van der Waals surface area (Å²) < 4.78 is 0. The predicted molar refractivity (Wildman–Crippen MR) is 146 cm³/mol. The van der Waals surface area contributed by atoms with Crippen LogP contribution in [0.3, 0.4) is 0 Å². The zero-order chi connectivity index (χ0) is 29.8. The van der Waals surface area contributed by atoms with Gasteiger partial charge in [0.05, 0.1) is 5.56 Å². The zero-order valence-corrected chi connectivity index (χ0v) is 22.2. The Bertz CT molecular complexity index is 1660. The molecule has 0 spiro atoms. The average molecular weight is 558 g/mol. The van der Waals surface area contributed by atoms with Crippen LogP contribution in [0, 0.1) is 23.7 Å². The molecule has 3 aliphatic carbocycles. The first-order chi connectivity index (χ1) is 19.3. The van der Waals surface area contributed by atoms with Crippen molar-refractivity contribution in [1.29, 1.82) is 0 Å². The second-order valence-electron chi connectivity index (χ2n) is 10.5. The van der Waals surface area contributed by atoms with Gasteiger partial charge in [-0.25, -0.2) is 4.79 Å². The lowest BCUT2D eigenvalue weighted by Crippen LogP contribution is -2.57. The van der Waals surface area contributed by atoms with Crippen molar-refractivity contribution in [2.24, 2.45) is 17.6 Å². The Morgan fingerprint density at radius 1 is 1.02 bits per heavy atom. The van der Waals surface area contributed by atoms with Crippen molar-refractivity contribution >= 4 is 29.2 Å². The van der Waals surface area contributed by atoms with E-state index in [1.54, 1.807) is 44.4 Å². The zero-order valence-electron chi connectivity index (χ0n) is 22.2. The molecule has 0 fully saturated rings. The van der Waals surface area contributed by atoms with Gasteiger partial charge in [0, 0.05) is 48.8 Å². The number of amides is 3. The summed E-state index contributed by atoms with van der Waals surface area (Å²) in [6, 6.07) is 9.44. The van der Waals surface area contributed by atoms with Gasteiger partial charge in [0.2, 0.25) is 5.78 Å². The number of phenols is 1. The highest BCUT2D eigenvalue weighted by Gasteiger charge is 2.59. The van der Waals surface area contributed by atoms with Crippen LogP contribution in [0.4, 0.5) is 10.5 Å². The van der Waals surface area contributed by atoms with E-state index < -0.39 is 52.0 Å². The summed E-state index contributed by atoms with van der Waals surface area (Å²) in [6.45, 7) is 0. The van der Waals surface area contributed by atoms with Crippen molar-refractivity contribution in [2.75, 3.05) is 19.4 Å². The minimum atomic E-state index is -2.61. The topological polar surface area (TPSA) is 190 Å². The lowest BCUT2D eigenvalue weighted by Gasteiger charge is -2.45. The summed E-state index contributed by atoms with van der Waals surface area (Å²) >= 11 is 0. The molecule has 0 radical (unpaired) electrons. The number of primary amides is 1. The van der Waals surface area contributed by atoms with Crippen LogP contribution in [-0.2, 0) is 16.0 Å². The highest BCUT2D eigenvalue weighted by molar-refractivity contribution is 6.24. The molecule has 0 saturated heterocycles. The lowest BCUT2D eigenvalue weighted by atomic mass is 9.60. The summed E-state index contributed by atoms with van der Waals surface area (Å²) in [6.07, 6.45) is -0.110. The quantitative estimate of drug-likeness (QED) is 0.239. The Kier molecular flexibility index (Phi) is 6.59. The molecule has 0 heterocycles. The molecule has 3 aliphatic rings. The van der Waals surface area contributed by atoms with E-state index >= 15 is 0 Å². The maximum atomic E-state index is 13.6. The number of rotatable bonds is 2. The first kappa shape index (κ1) is 27.5. The van der Waals surface area contributed by atoms with Crippen molar-refractivity contribution in [1.82, 2.24) is 4.90 Å². The molecule has 2 aromatic rings. The van der Waals surface area contributed by atoms with Gasteiger partial charge in [0.25, 0.3) is 5.91 Å². The molecule has 11 heteroatoms. The lowest BCUT2D eigenvalue weighted by molar-refractivity contribution is -0.144. The first-order valence-corrected chi connectivity index (χ1v) is 12.8. The summed E-state index contributed by atoms with van der Waals surface area (Å²) in [5.74, 6) is -0.748. The smallest absolute Gasteiger partial charge is 0.321 e. The van der Waals surface area contributed by atoms with Crippen LogP contribution < -0.4 is 11.1 Å². The van der Waals surface area contributed by atoms with Gasteiger partial charge in [-0.05, 0) is 60.7 Å². The number of benzene rings is 2. The molecular weight excluding hydrogens is 530 g/mol. The monoisotopic (exact) mass is 557 g/mol. The Labute approximate surface area is 234 Å². The molecule has 3 amide bonds. The van der Waals surface area contributed by atoms with E-state index in [1.807, 2.05) is 0 Å². The number of ketones is 2. The van der Waals surface area contributed by atoms with Gasteiger partial charge in [-0.2, -0.15) is 0 Å². The van der Waals surface area contributed by atoms with Gasteiger partial charge < -0.3 is 36.4 Å². The van der Waals surface area contributed by atoms with Crippen molar-refractivity contribution in [3.8, 4) is 17.6 Å². The van der Waals surface area contributed by atoms with Gasteiger partial charge in [-0.15, -0.1) is 0 Å². The molecule has 3 atom stereocenters. The van der Waals surface area contributed by atoms with E-state index in [9.17, 15) is 39.6 Å². The second kappa shape index (κ2) is 9.83. The number of nitrogens with zero attached hydrogens (tertiary/aromatic N) is 1. The number of Topliss-reactive ketones (excluding diaryl/α,β-unsaturated/α-hetero) is 2. The molecule has 7 N–H and O–H groups in total. The van der Waals surface area contributed by atoms with Gasteiger partial charge in [-0.1, -0.05) is 11.8 Å². The number of phenolic OH excluding ortho intramolecular Hbond substituents is 1. The van der Waals surface area contributed by atoms with Gasteiger partial charge in [0.15, 0.2) is 11.4 Å². The molecular formula is C30H27N3O8. The highest BCUT2D eigenvalue weighted by atomic mass is 16.3. The predicted octanol–water partition coefficient (Wildman–Crippen LogP) is 2.07. The number of anilines is 1. The van der Waals surface area contributed by atoms with Gasteiger partial charge >= 0.3 is 6.03 Å². The molecule has 210 valence electrons. The molecule has 11 nitrogen and oxygen atoms in total. The number of aliphatic hydroxyl groups is 3. The van der Waals surface area contributed by atoms with Gasteiger partial charge in [0.1, 0.15) is 22.8 Å². The first-order valence-electron chi connectivity index (χ1n) is 12.8. The number of carbonyl (C=O) groups excluding carboxylic acids is 4. The highest BCUT2D eigenvalue weighted by Crippen LogP contribution is 2.51. The third-order valence-corrected chi connectivity index (χ3v) is 7.83. The van der Waals surface area contributed by atoms with E-state index in [1.165, 1.54) is 11.0 Å². The van der Waals surface area contributed by atoms with Crippen LogP contribution in [0.25, 0.3) is 0 Å². The maximum Gasteiger partial charge on any atom is 0.321 e. The van der Waals surface area contributed by atoms with Crippen LogP contribution in [0.2, 0.25) is 0 Å². The standard InChI is InChI=1S/C30H27N3O8/c1-33(2)29(40)32-18-8-4-14(5-9-18)3-6-15-7-10-20(34)23-19(15)12-16-11-17-13-21(35)24(28(31)39)27(38)30(17,41)26(37)22(16)25(23)36/h4-5,7-10,16-17,34-35,37,41H,11-13H2,1-2H3,(H2,31,39)(H,32,40)/t16-,17+,30+/m1/s1. The minimum Gasteiger partial charge on any atom is -0.511 e. The van der Waals surface area contributed by atoms with Crippen LogP contribution in [0.5, 0.6) is 5.75 Å². The molecule has 41 heavy (non-hydrogen) atoms. The van der Waals surface area contributed by atoms with Gasteiger partial charge in [-0.3, -0.25) is 14.4 Å². The molecule has 0 aliphatic heterocycles. The number of allylic oxidation sites excluding steroid dienone is 2. The summed E-state index contributed by atoms with van der Waals surface area (Å²) in [4.78, 5) is 51.7. The Hall–Kier alpha value is -5.08. The van der Waals surface area contributed by atoms with E-state index in [-0.39, 0.29) is 42.2 Å². The largest absolute Gasteiger partial charge is 0.511 e. The number of urea groups is 1. The number of hydrogen-bond acceptors (Lipinski definition) is 8. The molecule has 0 unspecified atom stereocenters. The number of nitrogens with two attached hydrogens (primary N) is 1. The van der Waals surface area contributed by atoms with Crippen molar-refractivity contribution < 1.29 is 39.6 Å². The summed E-state index contributed by atoms with van der Waals surface area (Å²) in [5.41, 5.74) is 3.60. The van der Waals surface area contributed by atoms with E-state index in [2.05, 4.69) is 17.2 Å². The van der Waals surface area contributed by atoms with Crippen LogP contribution >= 0.6 is 0 Å². The molecule has 0 aromatic heterocycles. The number of hydrogen-bond donors (Lipinski definition) is 6. The van der Waals surface area contributed by atoms with Crippen molar-refractivity contribution in [3.63, 3.8) is 0 Å². The van der Waals surface area contributed by atoms with E-state index in [0.29, 0.717) is 22.4 Å². The normalized spacial score (nSPS) is 23.1. The number of aliphatic hydroxyl groups excluding tert-OH is 2. The van der Waals surface area contributed by atoms with Crippen LogP contribution in [0.1, 0.15) is 39.9 Å². The Morgan fingerprint density at radius 3 is 2.34 bits per heavy atom. The summed E-state index contributed by atoms with van der Waals surface area (Å²) in [5, 5.41) is 46.1. The second-order valence-corrected chi connectivity index (χ2v) is 10.5. The Balaban J connectivity index is 1.51. The third kappa shape index (κ3) is 4.38.